The summed E-state index contributed by atoms with van der Waals surface area (Å²) >= 11 is 0. The molecule has 0 unspecified atom stereocenters. The van der Waals surface area contributed by atoms with Crippen LogP contribution in [0.15, 0.2) is 30.3 Å². The Labute approximate surface area is 69.6 Å². The summed E-state index contributed by atoms with van der Waals surface area (Å²) in [5, 5.41) is 8.29. The maximum absolute atomic E-state index is 10.7. The van der Waals surface area contributed by atoms with Gasteiger partial charge in [-0.3, -0.25) is 4.79 Å². The molecule has 0 aliphatic carbocycles. The van der Waals surface area contributed by atoms with Crippen LogP contribution in [0, 0.1) is 0 Å². The van der Waals surface area contributed by atoms with E-state index in [4.69, 9.17) is 5.11 Å². The first-order chi connectivity index (χ1) is 5.70. The van der Waals surface area contributed by atoms with Gasteiger partial charge in [0, 0.05) is 6.42 Å². The topological polar surface area (TPSA) is 54.4 Å². The summed E-state index contributed by atoms with van der Waals surface area (Å²) < 4.78 is 0. The lowest BCUT2D eigenvalue weighted by molar-refractivity contribution is -0.148. The van der Waals surface area contributed by atoms with Crippen LogP contribution in [0.1, 0.15) is 5.56 Å². The van der Waals surface area contributed by atoms with Crippen LogP contribution in [-0.2, 0) is 16.0 Å². The van der Waals surface area contributed by atoms with E-state index in [0.717, 1.165) is 5.56 Å². The van der Waals surface area contributed by atoms with Crippen molar-refractivity contribution in [2.75, 3.05) is 0 Å². The highest BCUT2D eigenvalue weighted by molar-refractivity contribution is 6.33. The van der Waals surface area contributed by atoms with Gasteiger partial charge in [0.25, 0.3) is 0 Å². The fourth-order valence-corrected chi connectivity index (χ4v) is 0.857. The van der Waals surface area contributed by atoms with Crippen molar-refractivity contribution in [2.45, 2.75) is 6.42 Å². The fraction of sp³-hybridized carbons (Fsp3) is 0.111. The van der Waals surface area contributed by atoms with E-state index in [9.17, 15) is 9.59 Å². The molecule has 1 rings (SSSR count). The Balaban J connectivity index is 2.65. The number of ketones is 1. The Bertz CT molecular complexity index is 290. The molecular weight excluding hydrogens is 157 g/mol. The molecule has 0 fully saturated rings. The van der Waals surface area contributed by atoms with Crippen LogP contribution in [0.25, 0.3) is 0 Å². The number of carboxylic acid groups (broad SMARTS) is 1. The second kappa shape index (κ2) is 3.67. The van der Waals surface area contributed by atoms with E-state index in [2.05, 4.69) is 0 Å². The first-order valence-corrected chi connectivity index (χ1v) is 3.50. The van der Waals surface area contributed by atoms with E-state index in [1.54, 1.807) is 24.3 Å². The number of aliphatic carboxylic acids is 1. The summed E-state index contributed by atoms with van der Waals surface area (Å²) in [6.07, 6.45) is -0.0316. The zero-order valence-corrected chi connectivity index (χ0v) is 6.36. The second-order valence-corrected chi connectivity index (χ2v) is 2.39. The lowest BCUT2D eigenvalue weighted by Gasteiger charge is -1.94. The van der Waals surface area contributed by atoms with Gasteiger partial charge < -0.3 is 5.11 Å². The van der Waals surface area contributed by atoms with Gasteiger partial charge >= 0.3 is 5.97 Å². The minimum Gasteiger partial charge on any atom is -0.475 e. The van der Waals surface area contributed by atoms with Gasteiger partial charge in [-0.1, -0.05) is 30.3 Å². The lowest BCUT2D eigenvalue weighted by Crippen LogP contribution is -2.14. The lowest BCUT2D eigenvalue weighted by atomic mass is 10.3. The van der Waals surface area contributed by atoms with E-state index >= 15 is 0 Å². The molecule has 0 bridgehead atoms. The maximum Gasteiger partial charge on any atom is 0.372 e. The van der Waals surface area contributed by atoms with Crippen LogP contribution in [0.4, 0.5) is 0 Å². The molecule has 0 radical (unpaired) electrons. The molecule has 0 spiro atoms. The highest BCUT2D eigenvalue weighted by atomic mass is 16.4. The van der Waals surface area contributed by atoms with Gasteiger partial charge in [-0.15, -0.1) is 0 Å². The molecule has 0 aliphatic heterocycles. The number of hydrogen-bond acceptors (Lipinski definition) is 2. The number of rotatable bonds is 3. The van der Waals surface area contributed by atoms with Gasteiger partial charge in [-0.05, 0) is 5.56 Å². The van der Waals surface area contributed by atoms with Gasteiger partial charge in [-0.2, -0.15) is 0 Å². The van der Waals surface area contributed by atoms with Gasteiger partial charge in [0.1, 0.15) is 0 Å². The highest BCUT2D eigenvalue weighted by Crippen LogP contribution is 1.99. The molecule has 1 N–H and O–H groups in total. The van der Waals surface area contributed by atoms with Crippen LogP contribution in [0.5, 0.6) is 0 Å². The predicted molar refractivity (Wildman–Crippen MR) is 42.8 cm³/mol. The molecule has 0 atom stereocenters. The third-order valence-electron chi connectivity index (χ3n) is 1.45. The molecule has 0 saturated carbocycles. The summed E-state index contributed by atoms with van der Waals surface area (Å²) in [7, 11) is 0. The van der Waals surface area contributed by atoms with E-state index < -0.39 is 11.8 Å². The van der Waals surface area contributed by atoms with Crippen LogP contribution in [-0.4, -0.2) is 16.9 Å². The molecule has 3 heteroatoms. The smallest absolute Gasteiger partial charge is 0.372 e. The molecule has 0 heterocycles. The number of Topliss-reactive ketones (excluding diaryl/α,β-unsaturated/α-hetero) is 1. The highest BCUT2D eigenvalue weighted by Gasteiger charge is 2.10. The fourth-order valence-electron chi connectivity index (χ4n) is 0.857. The number of benzene rings is 1. The Morgan fingerprint density at radius 1 is 1.17 bits per heavy atom. The van der Waals surface area contributed by atoms with Crippen molar-refractivity contribution in [1.29, 1.82) is 0 Å². The molecule has 62 valence electrons. The van der Waals surface area contributed by atoms with Crippen molar-refractivity contribution < 1.29 is 14.7 Å². The van der Waals surface area contributed by atoms with Crippen molar-refractivity contribution in [3.8, 4) is 0 Å². The Morgan fingerprint density at radius 2 is 1.75 bits per heavy atom. The monoisotopic (exact) mass is 165 g/mol. The molecular formula is C9H8O3. The minimum absolute atomic E-state index is 0.0316. The molecule has 0 aliphatic rings. The zero-order chi connectivity index (χ0) is 8.97. The molecule has 0 aromatic heterocycles. The largest absolute Gasteiger partial charge is 0.475 e. The quantitative estimate of drug-likeness (QED) is 0.676. The molecule has 1 aromatic carbocycles. The Hall–Kier alpha value is -1.64. The van der Waals surface area contributed by atoms with E-state index in [1.165, 1.54) is 0 Å². The first-order valence-electron chi connectivity index (χ1n) is 3.50. The average molecular weight is 165 g/mol. The second-order valence-electron chi connectivity index (χ2n) is 2.39. The molecule has 1 aromatic rings. The van der Waals surface area contributed by atoms with Gasteiger partial charge in [-0.25, -0.2) is 4.79 Å². The molecule has 3 nitrogen and oxygen atoms in total. The van der Waals surface area contributed by atoms with Gasteiger partial charge in [0.2, 0.25) is 5.78 Å². The molecule has 0 amide bonds. The third kappa shape index (κ3) is 2.20. The van der Waals surface area contributed by atoms with Crippen LogP contribution in [0.3, 0.4) is 0 Å². The van der Waals surface area contributed by atoms with Crippen molar-refractivity contribution in [3.63, 3.8) is 0 Å². The van der Waals surface area contributed by atoms with E-state index in [1.807, 2.05) is 6.07 Å². The normalized spacial score (nSPS) is 9.33. The summed E-state index contributed by atoms with van der Waals surface area (Å²) in [5.74, 6) is -2.15. The maximum atomic E-state index is 10.7. The zero-order valence-electron chi connectivity index (χ0n) is 6.36. The summed E-state index contributed by atoms with van der Waals surface area (Å²) in [6, 6.07) is 8.80. The van der Waals surface area contributed by atoms with Crippen molar-refractivity contribution in [1.82, 2.24) is 0 Å². The van der Waals surface area contributed by atoms with Gasteiger partial charge in [0.05, 0.1) is 0 Å². The van der Waals surface area contributed by atoms with Crippen LogP contribution >= 0.6 is 0 Å². The van der Waals surface area contributed by atoms with E-state index in [-0.39, 0.29) is 6.42 Å². The first kappa shape index (κ1) is 8.46. The summed E-state index contributed by atoms with van der Waals surface area (Å²) in [6.45, 7) is 0. The van der Waals surface area contributed by atoms with E-state index in [0.29, 0.717) is 0 Å². The van der Waals surface area contributed by atoms with Gasteiger partial charge in [0.15, 0.2) is 0 Å². The molecule has 12 heavy (non-hydrogen) atoms. The number of carbonyl (C=O) groups excluding carboxylic acids is 1. The number of carboxylic acids is 1. The third-order valence-corrected chi connectivity index (χ3v) is 1.45. The van der Waals surface area contributed by atoms with Crippen molar-refractivity contribution >= 4 is 11.8 Å². The number of carbonyl (C=O) groups is 2. The standard InChI is InChI=1S/C9H8O3/c10-8(9(11)12)6-7-4-2-1-3-5-7/h1-5H,6H2,(H,11,12)/i7+1. The summed E-state index contributed by atoms with van der Waals surface area (Å²) in [5.41, 5.74) is 0.727. The Kier molecular flexibility index (Phi) is 2.58. The van der Waals surface area contributed by atoms with Crippen LogP contribution in [0.2, 0.25) is 0 Å². The molecule has 0 saturated heterocycles. The Morgan fingerprint density at radius 3 is 2.25 bits per heavy atom. The predicted octanol–water partition coefficient (Wildman–Crippen LogP) is 0.883. The number of hydrogen-bond donors (Lipinski definition) is 1. The SMILES string of the molecule is O=C(O)C(=O)C[13c]1ccccc1. The minimum atomic E-state index is -1.38. The average Bonchev–Trinajstić information content (AvgIpc) is 2.06. The van der Waals surface area contributed by atoms with Crippen LogP contribution < -0.4 is 0 Å². The van der Waals surface area contributed by atoms with Crippen molar-refractivity contribution in [2.24, 2.45) is 0 Å². The van der Waals surface area contributed by atoms with Crippen molar-refractivity contribution in [3.05, 3.63) is 35.9 Å². The summed E-state index contributed by atoms with van der Waals surface area (Å²) in [4.78, 5) is 20.9.